The second-order valence-electron chi connectivity index (χ2n) is 4.35. The Hall–Kier alpha value is -1.10. The molecule has 0 aliphatic rings. The molecule has 0 spiro atoms. The van der Waals surface area contributed by atoms with Gasteiger partial charge in [0, 0.05) is 25.6 Å². The fraction of sp³-hybridized carbons (Fsp3) is 0.778. The highest BCUT2D eigenvalue weighted by molar-refractivity contribution is 5.26. The molecule has 0 aromatic carbocycles. The number of anilines is 1. The van der Waals surface area contributed by atoms with Crippen LogP contribution in [-0.2, 0) is 12.5 Å². The Kier molecular flexibility index (Phi) is 3.10. The minimum absolute atomic E-state index is 0.0135. The third-order valence-corrected chi connectivity index (χ3v) is 1.86. The third-order valence-electron chi connectivity index (χ3n) is 1.86. The number of nitrogens with one attached hydrogen (secondary N) is 1. The molecule has 0 amide bonds. The van der Waals surface area contributed by atoms with Crippen molar-refractivity contribution in [3.63, 3.8) is 0 Å². The van der Waals surface area contributed by atoms with Crippen molar-refractivity contribution in [1.82, 2.24) is 14.8 Å². The van der Waals surface area contributed by atoms with Crippen LogP contribution in [-0.4, -0.2) is 27.9 Å². The number of nitrogens with two attached hydrogens (primary N) is 1. The van der Waals surface area contributed by atoms with E-state index in [2.05, 4.69) is 36.2 Å². The topological polar surface area (TPSA) is 68.8 Å². The van der Waals surface area contributed by atoms with Crippen molar-refractivity contribution < 1.29 is 0 Å². The summed E-state index contributed by atoms with van der Waals surface area (Å²) >= 11 is 0. The van der Waals surface area contributed by atoms with E-state index in [9.17, 15) is 0 Å². The first-order valence-electron chi connectivity index (χ1n) is 4.80. The van der Waals surface area contributed by atoms with Gasteiger partial charge < -0.3 is 11.1 Å². The van der Waals surface area contributed by atoms with Gasteiger partial charge in [0.05, 0.1) is 0 Å². The first kappa shape index (κ1) is 11.0. The van der Waals surface area contributed by atoms with Crippen LogP contribution in [0.2, 0.25) is 0 Å². The van der Waals surface area contributed by atoms with Gasteiger partial charge in [0.1, 0.15) is 0 Å². The summed E-state index contributed by atoms with van der Waals surface area (Å²) in [7, 11) is 1.88. The zero-order valence-electron chi connectivity index (χ0n) is 9.33. The van der Waals surface area contributed by atoms with Crippen molar-refractivity contribution in [2.75, 3.05) is 18.4 Å². The van der Waals surface area contributed by atoms with Crippen molar-refractivity contribution in [3.05, 3.63) is 5.82 Å². The average Bonchev–Trinajstić information content (AvgIpc) is 2.43. The molecule has 1 rings (SSSR count). The van der Waals surface area contributed by atoms with Gasteiger partial charge in [-0.1, -0.05) is 20.8 Å². The maximum Gasteiger partial charge on any atom is 0.221 e. The zero-order valence-corrected chi connectivity index (χ0v) is 9.33. The van der Waals surface area contributed by atoms with Gasteiger partial charge in [-0.2, -0.15) is 10.1 Å². The standard InChI is InChI=1S/C9H19N5/c1-9(2,3)7-12-8(11-6-5-10)14(4)13-7/h5-6,10H2,1-4H3,(H,11,12,13). The lowest BCUT2D eigenvalue weighted by atomic mass is 9.96. The maximum atomic E-state index is 5.40. The molecule has 3 N–H and O–H groups in total. The SMILES string of the molecule is Cn1nc(C(C)(C)C)nc1NCCN. The largest absolute Gasteiger partial charge is 0.353 e. The second kappa shape index (κ2) is 3.96. The van der Waals surface area contributed by atoms with Crippen LogP contribution in [0.15, 0.2) is 0 Å². The molecule has 5 nitrogen and oxygen atoms in total. The van der Waals surface area contributed by atoms with E-state index < -0.39 is 0 Å². The number of nitrogens with zero attached hydrogens (tertiary/aromatic N) is 3. The normalized spacial score (nSPS) is 11.8. The van der Waals surface area contributed by atoms with E-state index >= 15 is 0 Å². The Morgan fingerprint density at radius 1 is 1.43 bits per heavy atom. The fourth-order valence-corrected chi connectivity index (χ4v) is 1.04. The molecule has 0 unspecified atom stereocenters. The molecule has 5 heteroatoms. The molecule has 80 valence electrons. The van der Waals surface area contributed by atoms with Gasteiger partial charge in [0.15, 0.2) is 5.82 Å². The van der Waals surface area contributed by atoms with Crippen molar-refractivity contribution >= 4 is 5.95 Å². The third kappa shape index (κ3) is 2.45. The summed E-state index contributed by atoms with van der Waals surface area (Å²) in [6, 6.07) is 0. The molecule has 14 heavy (non-hydrogen) atoms. The molecule has 0 fully saturated rings. The van der Waals surface area contributed by atoms with E-state index in [1.165, 1.54) is 0 Å². The minimum atomic E-state index is -0.0135. The molecular weight excluding hydrogens is 178 g/mol. The van der Waals surface area contributed by atoms with Crippen LogP contribution in [0.5, 0.6) is 0 Å². The van der Waals surface area contributed by atoms with Crippen LogP contribution in [0.1, 0.15) is 26.6 Å². The van der Waals surface area contributed by atoms with Crippen LogP contribution in [0.4, 0.5) is 5.95 Å². The van der Waals surface area contributed by atoms with E-state index in [1.54, 1.807) is 4.68 Å². The molecule has 0 saturated heterocycles. The molecule has 0 atom stereocenters. The highest BCUT2D eigenvalue weighted by Gasteiger charge is 2.20. The van der Waals surface area contributed by atoms with Crippen LogP contribution < -0.4 is 11.1 Å². The Balaban J connectivity index is 2.82. The predicted octanol–water partition coefficient (Wildman–Crippen LogP) is 0.483. The van der Waals surface area contributed by atoms with Gasteiger partial charge in [-0.25, -0.2) is 4.68 Å². The Morgan fingerprint density at radius 2 is 2.07 bits per heavy atom. The number of hydrogen-bond acceptors (Lipinski definition) is 4. The molecule has 1 aromatic rings. The van der Waals surface area contributed by atoms with Gasteiger partial charge >= 0.3 is 0 Å². The smallest absolute Gasteiger partial charge is 0.221 e. The maximum absolute atomic E-state index is 5.40. The van der Waals surface area contributed by atoms with Crippen molar-refractivity contribution in [3.8, 4) is 0 Å². The molecule has 0 bridgehead atoms. The highest BCUT2D eigenvalue weighted by atomic mass is 15.4. The van der Waals surface area contributed by atoms with E-state index in [0.29, 0.717) is 6.54 Å². The Labute approximate surface area is 84.7 Å². The van der Waals surface area contributed by atoms with Gasteiger partial charge in [-0.3, -0.25) is 0 Å². The fourth-order valence-electron chi connectivity index (χ4n) is 1.04. The quantitative estimate of drug-likeness (QED) is 0.739. The Bertz CT molecular complexity index is 297. The van der Waals surface area contributed by atoms with Crippen LogP contribution in [0.25, 0.3) is 0 Å². The lowest BCUT2D eigenvalue weighted by Gasteiger charge is -2.11. The average molecular weight is 197 g/mol. The molecular formula is C9H19N5. The first-order chi connectivity index (χ1) is 6.45. The van der Waals surface area contributed by atoms with Crippen LogP contribution >= 0.6 is 0 Å². The summed E-state index contributed by atoms with van der Waals surface area (Å²) in [6.45, 7) is 7.59. The summed E-state index contributed by atoms with van der Waals surface area (Å²) in [5.74, 6) is 1.62. The molecule has 0 saturated carbocycles. The van der Waals surface area contributed by atoms with E-state index in [4.69, 9.17) is 5.73 Å². The molecule has 1 heterocycles. The molecule has 1 aromatic heterocycles. The summed E-state index contributed by atoms with van der Waals surface area (Å²) in [5, 5.41) is 7.46. The number of hydrogen-bond donors (Lipinski definition) is 2. The van der Waals surface area contributed by atoms with Gasteiger partial charge in [-0.05, 0) is 0 Å². The first-order valence-corrected chi connectivity index (χ1v) is 4.80. The van der Waals surface area contributed by atoms with Crippen LogP contribution in [0.3, 0.4) is 0 Å². The highest BCUT2D eigenvalue weighted by Crippen LogP contribution is 2.19. The van der Waals surface area contributed by atoms with Gasteiger partial charge in [0.2, 0.25) is 5.95 Å². The summed E-state index contributed by atoms with van der Waals surface area (Å²) < 4.78 is 1.75. The molecule has 0 aliphatic heterocycles. The van der Waals surface area contributed by atoms with Crippen molar-refractivity contribution in [1.29, 1.82) is 0 Å². The number of aromatic nitrogens is 3. The van der Waals surface area contributed by atoms with E-state index in [1.807, 2.05) is 7.05 Å². The second-order valence-corrected chi connectivity index (χ2v) is 4.35. The molecule has 0 aliphatic carbocycles. The zero-order chi connectivity index (χ0) is 10.8. The monoisotopic (exact) mass is 197 g/mol. The van der Waals surface area contributed by atoms with Gasteiger partial charge in [0.25, 0.3) is 0 Å². The van der Waals surface area contributed by atoms with Gasteiger partial charge in [-0.15, -0.1) is 0 Å². The van der Waals surface area contributed by atoms with E-state index in [0.717, 1.165) is 18.3 Å². The van der Waals surface area contributed by atoms with Crippen LogP contribution in [0, 0.1) is 0 Å². The summed E-state index contributed by atoms with van der Waals surface area (Å²) in [6.07, 6.45) is 0. The van der Waals surface area contributed by atoms with Crippen molar-refractivity contribution in [2.45, 2.75) is 26.2 Å². The molecule has 0 radical (unpaired) electrons. The van der Waals surface area contributed by atoms with E-state index in [-0.39, 0.29) is 5.41 Å². The lowest BCUT2D eigenvalue weighted by Crippen LogP contribution is -2.15. The lowest BCUT2D eigenvalue weighted by molar-refractivity contribution is 0.538. The number of rotatable bonds is 3. The van der Waals surface area contributed by atoms with Crippen molar-refractivity contribution in [2.24, 2.45) is 12.8 Å². The predicted molar refractivity (Wildman–Crippen MR) is 57.2 cm³/mol. The minimum Gasteiger partial charge on any atom is -0.353 e. The Morgan fingerprint density at radius 3 is 2.50 bits per heavy atom. The summed E-state index contributed by atoms with van der Waals surface area (Å²) in [4.78, 5) is 4.40. The summed E-state index contributed by atoms with van der Waals surface area (Å²) in [5.41, 5.74) is 5.39. The number of aryl methyl sites for hydroxylation is 1.